The van der Waals surface area contributed by atoms with Crippen LogP contribution in [0.1, 0.15) is 26.2 Å². The summed E-state index contributed by atoms with van der Waals surface area (Å²) in [6.07, 6.45) is 14.5. The number of methoxy groups -OCH3 is 1. The lowest BCUT2D eigenvalue weighted by molar-refractivity contribution is -0.140. The van der Waals surface area contributed by atoms with Crippen LogP contribution in [-0.4, -0.2) is 136 Å². The first-order valence-corrected chi connectivity index (χ1v) is 14.7. The van der Waals surface area contributed by atoms with Crippen LogP contribution < -0.4 is 0 Å². The van der Waals surface area contributed by atoms with Crippen LogP contribution in [0.3, 0.4) is 0 Å². The van der Waals surface area contributed by atoms with Gasteiger partial charge in [-0.1, -0.05) is 6.92 Å². The van der Waals surface area contributed by atoms with Crippen LogP contribution >= 0.6 is 0 Å². The van der Waals surface area contributed by atoms with Gasteiger partial charge in [-0.25, -0.2) is 19.2 Å². The first kappa shape index (κ1) is 35.2. The Morgan fingerprint density at radius 1 is 0.488 bits per heavy atom. The number of unbranched alkanes of at least 4 members (excludes halogenated alkanes) is 1. The Morgan fingerprint density at radius 3 is 1.09 bits per heavy atom. The van der Waals surface area contributed by atoms with Gasteiger partial charge in [0.05, 0.1) is 26.4 Å². The monoisotopic (exact) mass is 606 g/mol. The minimum absolute atomic E-state index is 0.223. The molecule has 43 heavy (non-hydrogen) atoms. The minimum Gasteiger partial charge on any atom is -0.463 e. The third-order valence-corrected chi connectivity index (χ3v) is 6.39. The molecule has 13 heteroatoms. The zero-order valence-corrected chi connectivity index (χ0v) is 25.4. The average Bonchev–Trinajstić information content (AvgIpc) is 3.02. The number of esters is 4. The van der Waals surface area contributed by atoms with E-state index in [1.807, 2.05) is 26.5 Å². The topological polar surface area (TPSA) is 127 Å². The largest absolute Gasteiger partial charge is 0.463 e. The molecule has 0 aromatic rings. The Bertz CT molecular complexity index is 967. The summed E-state index contributed by atoms with van der Waals surface area (Å²) in [5.74, 6) is -1.58. The number of hydrogen-bond donors (Lipinski definition) is 0. The van der Waals surface area contributed by atoms with E-state index in [1.54, 1.807) is 31.9 Å². The SMILES string of the molecule is CCCOC(=O)/C=C/N1CCN(/C=C/C(=O)OCCCCOC(=O)/C=C/N2CCN(/C=C/C(=O)OCCOC)CC2)CC1. The van der Waals surface area contributed by atoms with Crippen LogP contribution in [0, 0.1) is 0 Å². The smallest absolute Gasteiger partial charge is 0.332 e. The molecule has 0 amide bonds. The van der Waals surface area contributed by atoms with Gasteiger partial charge in [-0.2, -0.15) is 0 Å². The molecular weight excluding hydrogens is 560 g/mol. The predicted molar refractivity (Wildman–Crippen MR) is 158 cm³/mol. The van der Waals surface area contributed by atoms with Crippen molar-refractivity contribution in [2.45, 2.75) is 26.2 Å². The second-order valence-electron chi connectivity index (χ2n) is 9.78. The van der Waals surface area contributed by atoms with Gasteiger partial charge in [-0.15, -0.1) is 0 Å². The van der Waals surface area contributed by atoms with Gasteiger partial charge in [-0.05, 0) is 19.3 Å². The van der Waals surface area contributed by atoms with E-state index in [0.717, 1.165) is 32.6 Å². The Balaban J connectivity index is 1.48. The maximum absolute atomic E-state index is 12.0. The van der Waals surface area contributed by atoms with Crippen molar-refractivity contribution in [2.24, 2.45) is 0 Å². The Labute approximate surface area is 254 Å². The van der Waals surface area contributed by atoms with Crippen LogP contribution in [-0.2, 0) is 42.9 Å². The van der Waals surface area contributed by atoms with Gasteiger partial charge in [0.25, 0.3) is 0 Å². The number of nitrogens with zero attached hydrogens (tertiary/aromatic N) is 4. The zero-order valence-electron chi connectivity index (χ0n) is 25.4. The van der Waals surface area contributed by atoms with E-state index >= 15 is 0 Å². The van der Waals surface area contributed by atoms with Gasteiger partial charge in [-0.3, -0.25) is 0 Å². The number of piperazine rings is 2. The van der Waals surface area contributed by atoms with Crippen molar-refractivity contribution in [3.05, 3.63) is 49.1 Å². The molecule has 0 N–H and O–H groups in total. The molecule has 0 aliphatic carbocycles. The molecule has 2 heterocycles. The van der Waals surface area contributed by atoms with E-state index in [2.05, 4.69) is 0 Å². The molecule has 0 aromatic carbocycles. The van der Waals surface area contributed by atoms with Crippen LogP contribution in [0.15, 0.2) is 49.1 Å². The lowest BCUT2D eigenvalue weighted by Gasteiger charge is -2.33. The molecule has 0 spiro atoms. The summed E-state index contributed by atoms with van der Waals surface area (Å²) in [6.45, 7) is 9.17. The number of rotatable bonds is 18. The van der Waals surface area contributed by atoms with E-state index in [4.69, 9.17) is 23.7 Å². The third kappa shape index (κ3) is 16.9. The average molecular weight is 607 g/mol. The van der Waals surface area contributed by atoms with Crippen molar-refractivity contribution >= 4 is 23.9 Å². The van der Waals surface area contributed by atoms with Crippen LogP contribution in [0.4, 0.5) is 0 Å². The maximum Gasteiger partial charge on any atom is 0.332 e. The van der Waals surface area contributed by atoms with Crippen LogP contribution in [0.2, 0.25) is 0 Å². The third-order valence-electron chi connectivity index (χ3n) is 6.39. The van der Waals surface area contributed by atoms with Crippen molar-refractivity contribution in [3.8, 4) is 0 Å². The fourth-order valence-electron chi connectivity index (χ4n) is 3.91. The van der Waals surface area contributed by atoms with Crippen molar-refractivity contribution in [3.63, 3.8) is 0 Å². The summed E-state index contributed by atoms with van der Waals surface area (Å²) in [4.78, 5) is 55.2. The first-order valence-electron chi connectivity index (χ1n) is 14.7. The van der Waals surface area contributed by atoms with Gasteiger partial charge in [0, 0.05) is 109 Å². The van der Waals surface area contributed by atoms with E-state index < -0.39 is 17.9 Å². The van der Waals surface area contributed by atoms with Crippen LogP contribution in [0.5, 0.6) is 0 Å². The zero-order chi connectivity index (χ0) is 31.1. The fourth-order valence-corrected chi connectivity index (χ4v) is 3.91. The number of carbonyl (C=O) groups is 4. The predicted octanol–water partition coefficient (Wildman–Crippen LogP) is 1.29. The molecule has 0 radical (unpaired) electrons. The second-order valence-corrected chi connectivity index (χ2v) is 9.78. The van der Waals surface area contributed by atoms with Gasteiger partial charge in [0.2, 0.25) is 0 Å². The molecule has 0 bridgehead atoms. The standard InChI is InChI=1S/C30H46N4O9/c1-3-22-40-27(35)6-10-31-14-16-32(17-15-31)11-7-28(36)41-23-4-5-24-42-29(37)8-12-33-18-20-34(21-19-33)13-9-30(38)43-26-25-39-2/h6-13H,3-5,14-26H2,1-2H3/b10-6+,11-7+,12-8+,13-9+. The molecule has 2 aliphatic heterocycles. The molecule has 2 saturated heterocycles. The Hall–Kier alpha value is -4.00. The summed E-state index contributed by atoms with van der Waals surface area (Å²) >= 11 is 0. The lowest BCUT2D eigenvalue weighted by Crippen LogP contribution is -2.41. The van der Waals surface area contributed by atoms with Crippen molar-refractivity contribution < 1.29 is 42.9 Å². The molecule has 0 atom stereocenters. The lowest BCUT2D eigenvalue weighted by atomic mass is 10.3. The van der Waals surface area contributed by atoms with Gasteiger partial charge < -0.3 is 43.3 Å². The summed E-state index contributed by atoms with van der Waals surface area (Å²) in [7, 11) is 1.54. The molecule has 13 nitrogen and oxygen atoms in total. The molecule has 0 unspecified atom stereocenters. The molecule has 2 aliphatic rings. The highest BCUT2D eigenvalue weighted by atomic mass is 16.6. The van der Waals surface area contributed by atoms with Crippen LogP contribution in [0.25, 0.3) is 0 Å². The van der Waals surface area contributed by atoms with Crippen molar-refractivity contribution in [1.82, 2.24) is 19.6 Å². The fraction of sp³-hybridized carbons (Fsp3) is 0.600. The molecular formula is C30H46N4O9. The van der Waals surface area contributed by atoms with E-state index in [1.165, 1.54) is 24.3 Å². The molecule has 2 rings (SSSR count). The van der Waals surface area contributed by atoms with Crippen molar-refractivity contribution in [2.75, 3.05) is 92.5 Å². The number of carbonyl (C=O) groups excluding carboxylic acids is 4. The summed E-state index contributed by atoms with van der Waals surface area (Å²) < 4.78 is 25.3. The molecule has 240 valence electrons. The summed E-state index contributed by atoms with van der Waals surface area (Å²) in [6, 6.07) is 0. The Kier molecular flexibility index (Phi) is 17.7. The van der Waals surface area contributed by atoms with Gasteiger partial charge in [0.1, 0.15) is 6.61 Å². The highest BCUT2D eigenvalue weighted by Gasteiger charge is 2.13. The molecule has 0 saturated carbocycles. The number of ether oxygens (including phenoxy) is 5. The second kappa shape index (κ2) is 21.7. The maximum atomic E-state index is 12.0. The minimum atomic E-state index is -0.423. The molecule has 2 fully saturated rings. The highest BCUT2D eigenvalue weighted by molar-refractivity contribution is 5.82. The quantitative estimate of drug-likeness (QED) is 0.0963. The normalized spacial score (nSPS) is 16.0. The van der Waals surface area contributed by atoms with Crippen molar-refractivity contribution in [1.29, 1.82) is 0 Å². The summed E-state index contributed by atoms with van der Waals surface area (Å²) in [5.41, 5.74) is 0. The van der Waals surface area contributed by atoms with E-state index in [9.17, 15) is 19.2 Å². The highest BCUT2D eigenvalue weighted by Crippen LogP contribution is 2.05. The number of hydrogen-bond acceptors (Lipinski definition) is 13. The van der Waals surface area contributed by atoms with Gasteiger partial charge >= 0.3 is 23.9 Å². The van der Waals surface area contributed by atoms with E-state index in [0.29, 0.717) is 52.2 Å². The summed E-state index contributed by atoms with van der Waals surface area (Å²) in [5, 5.41) is 0. The molecule has 0 aromatic heterocycles. The first-order chi connectivity index (χ1) is 20.9. The van der Waals surface area contributed by atoms with E-state index in [-0.39, 0.29) is 25.8 Å². The van der Waals surface area contributed by atoms with Gasteiger partial charge in [0.15, 0.2) is 0 Å². The Morgan fingerprint density at radius 2 is 0.791 bits per heavy atom.